The number of benzene rings is 1. The Bertz CT molecular complexity index is 751. The van der Waals surface area contributed by atoms with Gasteiger partial charge in [0, 0.05) is 45.1 Å². The van der Waals surface area contributed by atoms with Crippen molar-refractivity contribution in [2.45, 2.75) is 25.3 Å². The summed E-state index contributed by atoms with van der Waals surface area (Å²) in [5, 5.41) is 0. The highest BCUT2D eigenvalue weighted by atomic mass is 19.1. The van der Waals surface area contributed by atoms with Crippen molar-refractivity contribution < 1.29 is 9.18 Å². The molecule has 0 aliphatic carbocycles. The molecule has 0 saturated carbocycles. The quantitative estimate of drug-likeness (QED) is 0.867. The molecule has 1 unspecified atom stereocenters. The zero-order valence-corrected chi connectivity index (χ0v) is 14.0. The zero-order valence-electron chi connectivity index (χ0n) is 14.0. The minimum absolute atomic E-state index is 0.102. The number of aryl methyl sites for hydroxylation is 1. The van der Waals surface area contributed by atoms with E-state index in [1.165, 1.54) is 0 Å². The Kier molecular flexibility index (Phi) is 3.90. The number of imidazole rings is 1. The minimum Gasteiger partial charge on any atom is -0.342 e. The first-order valence-electron chi connectivity index (χ1n) is 8.69. The summed E-state index contributed by atoms with van der Waals surface area (Å²) in [7, 11) is 2.05. The lowest BCUT2D eigenvalue weighted by Crippen LogP contribution is -2.46. The molecule has 1 amide bonds. The van der Waals surface area contributed by atoms with Crippen LogP contribution in [0.2, 0.25) is 0 Å². The molecule has 5 nitrogen and oxygen atoms in total. The Hall–Kier alpha value is -2.11. The lowest BCUT2D eigenvalue weighted by atomic mass is 10.0. The summed E-state index contributed by atoms with van der Waals surface area (Å²) < 4.78 is 15.0. The molecule has 1 aromatic heterocycles. The van der Waals surface area contributed by atoms with Gasteiger partial charge in [-0.1, -0.05) is 12.1 Å². The number of carbonyl (C=O) groups excluding carboxylic acids is 1. The van der Waals surface area contributed by atoms with Gasteiger partial charge in [0.05, 0.1) is 17.7 Å². The Labute approximate surface area is 141 Å². The van der Waals surface area contributed by atoms with Crippen molar-refractivity contribution in [2.75, 3.05) is 31.2 Å². The molecular weight excluding hydrogens is 307 g/mol. The van der Waals surface area contributed by atoms with Crippen molar-refractivity contribution in [3.8, 4) is 0 Å². The van der Waals surface area contributed by atoms with Crippen LogP contribution in [0.25, 0.3) is 11.0 Å². The Morgan fingerprint density at radius 2 is 2.00 bits per heavy atom. The number of rotatable bonds is 3. The highest BCUT2D eigenvalue weighted by Crippen LogP contribution is 2.28. The topological polar surface area (TPSA) is 41.4 Å². The molecule has 0 bridgehead atoms. The van der Waals surface area contributed by atoms with Crippen molar-refractivity contribution in [2.24, 2.45) is 13.0 Å². The molecule has 2 fully saturated rings. The van der Waals surface area contributed by atoms with Crippen LogP contribution in [0.3, 0.4) is 0 Å². The molecule has 6 heteroatoms. The van der Waals surface area contributed by atoms with E-state index in [-0.39, 0.29) is 24.5 Å². The third-order valence-corrected chi connectivity index (χ3v) is 5.41. The van der Waals surface area contributed by atoms with Crippen LogP contribution in [0, 0.1) is 5.92 Å². The van der Waals surface area contributed by atoms with Gasteiger partial charge in [-0.3, -0.25) is 9.18 Å². The van der Waals surface area contributed by atoms with Gasteiger partial charge < -0.3 is 14.4 Å². The number of halogens is 1. The van der Waals surface area contributed by atoms with Crippen molar-refractivity contribution in [1.82, 2.24) is 14.5 Å². The number of alkyl halides is 1. The zero-order chi connectivity index (χ0) is 16.7. The van der Waals surface area contributed by atoms with Gasteiger partial charge in [0.1, 0.15) is 0 Å². The van der Waals surface area contributed by atoms with Crippen LogP contribution >= 0.6 is 0 Å². The Morgan fingerprint density at radius 3 is 2.67 bits per heavy atom. The van der Waals surface area contributed by atoms with E-state index in [0.717, 1.165) is 42.9 Å². The van der Waals surface area contributed by atoms with E-state index in [1.54, 1.807) is 0 Å². The monoisotopic (exact) mass is 330 g/mol. The predicted octanol–water partition coefficient (Wildman–Crippen LogP) is 2.36. The second kappa shape index (κ2) is 6.07. The van der Waals surface area contributed by atoms with Crippen LogP contribution in [0.5, 0.6) is 0 Å². The number of amides is 1. The van der Waals surface area contributed by atoms with E-state index in [9.17, 15) is 9.18 Å². The molecule has 0 N–H and O–H groups in total. The lowest BCUT2D eigenvalue weighted by molar-refractivity contribution is -0.130. The van der Waals surface area contributed by atoms with Gasteiger partial charge in [-0.05, 0) is 25.0 Å². The van der Waals surface area contributed by atoms with Crippen LogP contribution in [0.1, 0.15) is 19.3 Å². The third-order valence-electron chi connectivity index (χ3n) is 5.41. The van der Waals surface area contributed by atoms with E-state index in [1.807, 2.05) is 30.1 Å². The lowest BCUT2D eigenvalue weighted by Gasteiger charge is -2.37. The normalized spacial score (nSPS) is 22.8. The molecule has 3 heterocycles. The van der Waals surface area contributed by atoms with Crippen LogP contribution in [-0.2, 0) is 11.8 Å². The van der Waals surface area contributed by atoms with Gasteiger partial charge >= 0.3 is 0 Å². The van der Waals surface area contributed by atoms with Crippen molar-refractivity contribution in [3.05, 3.63) is 24.3 Å². The van der Waals surface area contributed by atoms with Crippen LogP contribution in [-0.4, -0.2) is 52.7 Å². The summed E-state index contributed by atoms with van der Waals surface area (Å²) in [4.78, 5) is 21.1. The highest BCUT2D eigenvalue weighted by molar-refractivity contribution is 5.79. The second-order valence-corrected chi connectivity index (χ2v) is 6.95. The fourth-order valence-corrected chi connectivity index (χ4v) is 4.06. The molecule has 24 heavy (non-hydrogen) atoms. The smallest absolute Gasteiger partial charge is 0.223 e. The molecule has 1 aromatic carbocycles. The highest BCUT2D eigenvalue weighted by Gasteiger charge is 2.36. The van der Waals surface area contributed by atoms with E-state index >= 15 is 0 Å². The van der Waals surface area contributed by atoms with Gasteiger partial charge in [0.25, 0.3) is 0 Å². The second-order valence-electron chi connectivity index (χ2n) is 6.95. The number of anilines is 1. The van der Waals surface area contributed by atoms with E-state index in [0.29, 0.717) is 13.0 Å². The summed E-state index contributed by atoms with van der Waals surface area (Å²) in [6.07, 6.45) is 2.23. The average Bonchev–Trinajstić information content (AvgIpc) is 3.16. The predicted molar refractivity (Wildman–Crippen MR) is 91.7 cm³/mol. The number of piperidine rings is 1. The maximum absolute atomic E-state index is 12.8. The fraction of sp³-hybridized carbons (Fsp3) is 0.556. The van der Waals surface area contributed by atoms with Gasteiger partial charge in [-0.25, -0.2) is 4.98 Å². The summed E-state index contributed by atoms with van der Waals surface area (Å²) in [6.45, 7) is 1.96. The van der Waals surface area contributed by atoms with Gasteiger partial charge in [-0.15, -0.1) is 0 Å². The van der Waals surface area contributed by atoms with Crippen molar-refractivity contribution in [3.63, 3.8) is 0 Å². The summed E-state index contributed by atoms with van der Waals surface area (Å²) in [6, 6.07) is 8.40. The molecular formula is C18H23FN4O. The van der Waals surface area contributed by atoms with Gasteiger partial charge in [-0.2, -0.15) is 0 Å². The van der Waals surface area contributed by atoms with Crippen molar-refractivity contribution in [1.29, 1.82) is 0 Å². The number of aromatic nitrogens is 2. The number of nitrogens with zero attached hydrogens (tertiary/aromatic N) is 4. The SMILES string of the molecule is Cn1c(N2CCC(N3CC(CF)CC3=O)CC2)nc2ccccc21. The number of carbonyl (C=O) groups is 1. The summed E-state index contributed by atoms with van der Waals surface area (Å²) in [5.74, 6) is 1.01. The minimum atomic E-state index is -0.388. The van der Waals surface area contributed by atoms with Gasteiger partial charge in [0.15, 0.2) is 0 Å². The number of para-hydroxylation sites is 2. The number of fused-ring (bicyclic) bond motifs is 1. The average molecular weight is 330 g/mol. The maximum Gasteiger partial charge on any atom is 0.223 e. The van der Waals surface area contributed by atoms with Crippen LogP contribution in [0.15, 0.2) is 24.3 Å². The number of hydrogen-bond donors (Lipinski definition) is 0. The third kappa shape index (κ3) is 2.54. The van der Waals surface area contributed by atoms with Crippen molar-refractivity contribution >= 4 is 22.9 Å². The number of hydrogen-bond acceptors (Lipinski definition) is 3. The molecule has 1 atom stereocenters. The molecule has 2 saturated heterocycles. The summed E-state index contributed by atoms with van der Waals surface area (Å²) in [5.41, 5.74) is 2.15. The van der Waals surface area contributed by atoms with Crippen LogP contribution in [0.4, 0.5) is 10.3 Å². The first-order chi connectivity index (χ1) is 11.7. The van der Waals surface area contributed by atoms with E-state index < -0.39 is 0 Å². The Balaban J connectivity index is 1.46. The standard InChI is InChI=1S/C18H23FN4O/c1-21-16-5-3-2-4-15(16)20-18(21)22-8-6-14(7-9-22)23-12-13(11-19)10-17(23)24/h2-5,13-14H,6-12H2,1H3. The molecule has 2 aliphatic rings. The molecule has 4 rings (SSSR count). The van der Waals surface area contributed by atoms with E-state index in [2.05, 4.69) is 15.5 Å². The first-order valence-corrected chi connectivity index (χ1v) is 8.69. The van der Waals surface area contributed by atoms with Gasteiger partial charge in [0.2, 0.25) is 11.9 Å². The van der Waals surface area contributed by atoms with Crippen LogP contribution < -0.4 is 4.90 Å². The molecule has 0 spiro atoms. The Morgan fingerprint density at radius 1 is 1.25 bits per heavy atom. The first kappa shape index (κ1) is 15.4. The largest absolute Gasteiger partial charge is 0.342 e. The van der Waals surface area contributed by atoms with E-state index in [4.69, 9.17) is 4.98 Å². The summed E-state index contributed by atoms with van der Waals surface area (Å²) >= 11 is 0. The maximum atomic E-state index is 12.8. The fourth-order valence-electron chi connectivity index (χ4n) is 4.06. The molecule has 2 aliphatic heterocycles. The molecule has 0 radical (unpaired) electrons. The molecule has 128 valence electrons. The number of likely N-dealkylation sites (tertiary alicyclic amines) is 1. The molecule has 2 aromatic rings.